The lowest BCUT2D eigenvalue weighted by Crippen LogP contribution is -2.30. The van der Waals surface area contributed by atoms with Crippen LogP contribution in [0.5, 0.6) is 5.75 Å². The molecule has 21 heavy (non-hydrogen) atoms. The van der Waals surface area contributed by atoms with Crippen molar-refractivity contribution >= 4 is 47.8 Å². The molecule has 0 bridgehead atoms. The van der Waals surface area contributed by atoms with Crippen LogP contribution in [-0.4, -0.2) is 7.11 Å². The maximum absolute atomic E-state index is 5.75. The predicted octanol–water partition coefficient (Wildman–Crippen LogP) is 4.73. The molecule has 1 unspecified atom stereocenters. The van der Waals surface area contributed by atoms with Gasteiger partial charge in [0.25, 0.3) is 0 Å². The van der Waals surface area contributed by atoms with Crippen molar-refractivity contribution in [2.75, 3.05) is 7.11 Å². The van der Waals surface area contributed by atoms with Gasteiger partial charge in [0.2, 0.25) is 0 Å². The molecule has 0 spiro atoms. The van der Waals surface area contributed by atoms with Crippen LogP contribution in [0.1, 0.15) is 17.2 Å². The summed E-state index contributed by atoms with van der Waals surface area (Å²) >= 11 is 10.5. The van der Waals surface area contributed by atoms with Crippen LogP contribution in [0.4, 0.5) is 0 Å². The summed E-state index contributed by atoms with van der Waals surface area (Å²) in [6, 6.07) is 12.0. The van der Waals surface area contributed by atoms with Gasteiger partial charge < -0.3 is 4.74 Å². The Morgan fingerprint density at radius 3 is 2.38 bits per heavy atom. The number of rotatable bonds is 5. The van der Waals surface area contributed by atoms with Crippen LogP contribution in [0.2, 0.25) is 0 Å². The molecule has 2 rings (SSSR count). The molecule has 2 aromatic rings. The normalized spacial score (nSPS) is 12.2. The fraction of sp³-hybridized carbons (Fsp3) is 0.200. The highest BCUT2D eigenvalue weighted by atomic mass is 79.9. The summed E-state index contributed by atoms with van der Waals surface area (Å²) in [6.07, 6.45) is 0.722. The highest BCUT2D eigenvalue weighted by Gasteiger charge is 2.16. The summed E-state index contributed by atoms with van der Waals surface area (Å²) in [5.74, 6) is 6.61. The second-order valence-corrected chi connectivity index (χ2v) is 7.23. The van der Waals surface area contributed by atoms with Gasteiger partial charge in [-0.2, -0.15) is 0 Å². The number of halogens is 3. The zero-order valence-electron chi connectivity index (χ0n) is 11.4. The third kappa shape index (κ3) is 4.29. The molecule has 2 aromatic carbocycles. The minimum Gasteiger partial charge on any atom is -0.496 e. The fourth-order valence-electron chi connectivity index (χ4n) is 2.17. The van der Waals surface area contributed by atoms with E-state index in [0.29, 0.717) is 0 Å². The summed E-state index contributed by atoms with van der Waals surface area (Å²) in [4.78, 5) is 0. The molecule has 0 aromatic heterocycles. The summed E-state index contributed by atoms with van der Waals surface area (Å²) < 4.78 is 8.47. The minimum atomic E-state index is -0.0179. The number of nitrogens with two attached hydrogens (primary N) is 1. The summed E-state index contributed by atoms with van der Waals surface area (Å²) in [5.41, 5.74) is 5.07. The Hall–Kier alpha value is -0.400. The van der Waals surface area contributed by atoms with E-state index in [4.69, 9.17) is 10.6 Å². The quantitative estimate of drug-likeness (QED) is 0.482. The van der Waals surface area contributed by atoms with E-state index in [1.54, 1.807) is 7.11 Å². The van der Waals surface area contributed by atoms with Crippen LogP contribution in [0, 0.1) is 0 Å². The van der Waals surface area contributed by atoms with E-state index in [1.807, 2.05) is 30.3 Å². The van der Waals surface area contributed by atoms with Crippen LogP contribution in [-0.2, 0) is 6.42 Å². The monoisotopic (exact) mass is 476 g/mol. The zero-order valence-corrected chi connectivity index (χ0v) is 16.1. The van der Waals surface area contributed by atoms with Gasteiger partial charge >= 0.3 is 0 Å². The summed E-state index contributed by atoms with van der Waals surface area (Å²) in [5, 5.41) is 0. The Kier molecular flexibility index (Phi) is 6.25. The molecule has 0 saturated carbocycles. The van der Waals surface area contributed by atoms with Crippen LogP contribution in [0.3, 0.4) is 0 Å². The van der Waals surface area contributed by atoms with Gasteiger partial charge in [0.05, 0.1) is 13.2 Å². The van der Waals surface area contributed by atoms with Gasteiger partial charge in [-0.15, -0.1) is 0 Å². The molecule has 0 aliphatic carbocycles. The molecule has 0 heterocycles. The number of nitrogens with one attached hydrogen (secondary N) is 1. The molecule has 112 valence electrons. The first kappa shape index (κ1) is 17.0. The van der Waals surface area contributed by atoms with E-state index in [0.717, 1.165) is 36.7 Å². The van der Waals surface area contributed by atoms with Gasteiger partial charge in [-0.25, -0.2) is 0 Å². The lowest BCUT2D eigenvalue weighted by atomic mass is 9.99. The van der Waals surface area contributed by atoms with Gasteiger partial charge in [0, 0.05) is 13.4 Å². The molecular formula is C15H15Br3N2O. The van der Waals surface area contributed by atoms with Crippen molar-refractivity contribution < 1.29 is 4.74 Å². The number of ether oxygens (including phenoxy) is 1. The maximum atomic E-state index is 5.75. The highest BCUT2D eigenvalue weighted by Crippen LogP contribution is 2.31. The number of hydrogen-bond acceptors (Lipinski definition) is 3. The van der Waals surface area contributed by atoms with E-state index in [1.165, 1.54) is 0 Å². The topological polar surface area (TPSA) is 47.3 Å². The van der Waals surface area contributed by atoms with Gasteiger partial charge in [-0.3, -0.25) is 11.3 Å². The summed E-state index contributed by atoms with van der Waals surface area (Å²) in [7, 11) is 1.67. The Morgan fingerprint density at radius 1 is 1.10 bits per heavy atom. The van der Waals surface area contributed by atoms with E-state index in [9.17, 15) is 0 Å². The Labute approximate surface area is 149 Å². The second-order valence-electron chi connectivity index (χ2n) is 4.55. The molecule has 0 saturated heterocycles. The fourth-order valence-corrected chi connectivity index (χ4v) is 3.90. The van der Waals surface area contributed by atoms with E-state index in [-0.39, 0.29) is 6.04 Å². The van der Waals surface area contributed by atoms with Crippen LogP contribution >= 0.6 is 47.8 Å². The lowest BCUT2D eigenvalue weighted by molar-refractivity contribution is 0.405. The third-order valence-electron chi connectivity index (χ3n) is 3.21. The Morgan fingerprint density at radius 2 is 1.76 bits per heavy atom. The van der Waals surface area contributed by atoms with Crippen LogP contribution < -0.4 is 16.0 Å². The molecular weight excluding hydrogens is 464 g/mol. The first-order valence-corrected chi connectivity index (χ1v) is 8.66. The van der Waals surface area contributed by atoms with Crippen molar-refractivity contribution in [1.82, 2.24) is 5.43 Å². The van der Waals surface area contributed by atoms with Gasteiger partial charge in [0.1, 0.15) is 5.75 Å². The molecule has 3 N–H and O–H groups in total. The molecule has 0 fully saturated rings. The smallest absolute Gasteiger partial charge is 0.122 e. The summed E-state index contributed by atoms with van der Waals surface area (Å²) in [6.45, 7) is 0. The third-order valence-corrected chi connectivity index (χ3v) is 4.88. The first-order chi connectivity index (χ1) is 10.0. The average molecular weight is 479 g/mol. The molecule has 3 nitrogen and oxygen atoms in total. The average Bonchev–Trinajstić information content (AvgIpc) is 2.45. The van der Waals surface area contributed by atoms with Crippen LogP contribution in [0.15, 0.2) is 49.8 Å². The van der Waals surface area contributed by atoms with E-state index >= 15 is 0 Å². The van der Waals surface area contributed by atoms with Crippen LogP contribution in [0.25, 0.3) is 0 Å². The van der Waals surface area contributed by atoms with Crippen molar-refractivity contribution in [3.63, 3.8) is 0 Å². The standard InChI is InChI=1S/C15H15Br3N2O/c1-21-15-5-3-10(16)6-9(15)7-14(20-19)12-4-2-11(17)8-13(12)18/h2-6,8,14,20H,7,19H2,1H3. The molecule has 0 aliphatic rings. The lowest BCUT2D eigenvalue weighted by Gasteiger charge is -2.19. The van der Waals surface area contributed by atoms with Crippen molar-refractivity contribution in [2.24, 2.45) is 5.84 Å². The van der Waals surface area contributed by atoms with Gasteiger partial charge in [-0.05, 0) is 47.9 Å². The SMILES string of the molecule is COc1ccc(Br)cc1CC(NN)c1ccc(Br)cc1Br. The molecule has 0 radical (unpaired) electrons. The maximum Gasteiger partial charge on any atom is 0.122 e. The number of hydrazine groups is 1. The minimum absolute atomic E-state index is 0.0179. The molecule has 6 heteroatoms. The van der Waals surface area contributed by atoms with Crippen molar-refractivity contribution in [3.8, 4) is 5.75 Å². The second kappa shape index (κ2) is 7.74. The zero-order chi connectivity index (χ0) is 15.4. The Balaban J connectivity index is 2.33. The number of hydrogen-bond donors (Lipinski definition) is 2. The van der Waals surface area contributed by atoms with Gasteiger partial charge in [0.15, 0.2) is 0 Å². The van der Waals surface area contributed by atoms with Crippen molar-refractivity contribution in [2.45, 2.75) is 12.5 Å². The van der Waals surface area contributed by atoms with Crippen molar-refractivity contribution in [3.05, 3.63) is 60.9 Å². The molecule has 1 atom stereocenters. The van der Waals surface area contributed by atoms with Gasteiger partial charge in [-0.1, -0.05) is 53.9 Å². The van der Waals surface area contributed by atoms with Crippen molar-refractivity contribution in [1.29, 1.82) is 0 Å². The molecule has 0 amide bonds. The first-order valence-electron chi connectivity index (χ1n) is 6.28. The number of methoxy groups -OCH3 is 1. The highest BCUT2D eigenvalue weighted by molar-refractivity contribution is 9.11. The largest absolute Gasteiger partial charge is 0.496 e. The number of benzene rings is 2. The van der Waals surface area contributed by atoms with E-state index < -0.39 is 0 Å². The Bertz CT molecular complexity index is 634. The predicted molar refractivity (Wildman–Crippen MR) is 96.3 cm³/mol. The van der Waals surface area contributed by atoms with E-state index in [2.05, 4.69) is 59.3 Å². The molecule has 0 aliphatic heterocycles.